The van der Waals surface area contributed by atoms with Crippen LogP contribution in [0.15, 0.2) is 24.3 Å². The van der Waals surface area contributed by atoms with E-state index < -0.39 is 24.0 Å². The molecular weight excluding hydrogens is 288 g/mol. The number of rotatable bonds is 8. The summed E-state index contributed by atoms with van der Waals surface area (Å²) in [6.45, 7) is 3.72. The van der Waals surface area contributed by atoms with Gasteiger partial charge in [-0.1, -0.05) is 32.4 Å². The fraction of sp³-hybridized carbons (Fsp3) is 0.467. The zero-order chi connectivity index (χ0) is 16.7. The summed E-state index contributed by atoms with van der Waals surface area (Å²) in [5.74, 6) is -1.81. The van der Waals surface area contributed by atoms with Crippen LogP contribution in [0, 0.1) is 5.92 Å². The molecule has 1 aromatic carbocycles. The summed E-state index contributed by atoms with van der Waals surface area (Å²) >= 11 is 0. The van der Waals surface area contributed by atoms with Crippen molar-refractivity contribution in [2.24, 2.45) is 11.7 Å². The van der Waals surface area contributed by atoms with Gasteiger partial charge in [0.15, 0.2) is 0 Å². The lowest BCUT2D eigenvalue weighted by molar-refractivity contribution is -0.160. The van der Waals surface area contributed by atoms with E-state index in [1.807, 2.05) is 13.8 Å². The van der Waals surface area contributed by atoms with E-state index >= 15 is 0 Å². The maximum Gasteiger partial charge on any atom is 0.341 e. The summed E-state index contributed by atoms with van der Waals surface area (Å²) in [5.41, 5.74) is 8.64. The van der Waals surface area contributed by atoms with E-state index in [0.29, 0.717) is 12.0 Å². The van der Waals surface area contributed by atoms with E-state index in [1.54, 1.807) is 12.1 Å². The van der Waals surface area contributed by atoms with Gasteiger partial charge < -0.3 is 20.8 Å². The van der Waals surface area contributed by atoms with Crippen molar-refractivity contribution in [2.75, 3.05) is 0 Å². The minimum Gasteiger partial charge on any atom is -0.508 e. The highest BCUT2D eigenvalue weighted by atomic mass is 16.7. The number of hydrogen-bond acceptors (Lipinski definition) is 6. The topological polar surface area (TPSA) is 122 Å². The van der Waals surface area contributed by atoms with Crippen LogP contribution in [0.4, 0.5) is 0 Å². The van der Waals surface area contributed by atoms with Crippen LogP contribution in [0.2, 0.25) is 0 Å². The molecule has 7 nitrogen and oxygen atoms in total. The molecule has 0 unspecified atom stereocenters. The summed E-state index contributed by atoms with van der Waals surface area (Å²) in [6, 6.07) is 4.20. The van der Waals surface area contributed by atoms with Gasteiger partial charge in [0.25, 0.3) is 0 Å². The van der Waals surface area contributed by atoms with Crippen LogP contribution in [-0.2, 0) is 20.8 Å². The molecule has 0 saturated heterocycles. The number of carbonyl (C=O) groups is 2. The minimum absolute atomic E-state index is 0.0605. The van der Waals surface area contributed by atoms with Gasteiger partial charge in [0.05, 0.1) is 0 Å². The zero-order valence-electron chi connectivity index (χ0n) is 12.7. The van der Waals surface area contributed by atoms with Crippen molar-refractivity contribution >= 4 is 11.9 Å². The van der Waals surface area contributed by atoms with Crippen molar-refractivity contribution in [3.05, 3.63) is 29.8 Å². The predicted molar refractivity (Wildman–Crippen MR) is 79.9 cm³/mol. The molecule has 22 heavy (non-hydrogen) atoms. The van der Waals surface area contributed by atoms with Gasteiger partial charge in [0.2, 0.25) is 0 Å². The van der Waals surface area contributed by atoms with Crippen LogP contribution < -0.4 is 11.2 Å². The van der Waals surface area contributed by atoms with Crippen LogP contribution in [-0.4, -0.2) is 34.2 Å². The molecule has 0 aliphatic heterocycles. The molecule has 0 aromatic heterocycles. The molecule has 5 N–H and O–H groups in total. The number of carbonyl (C=O) groups excluding carboxylic acids is 1. The highest BCUT2D eigenvalue weighted by molar-refractivity contribution is 5.77. The molecule has 0 heterocycles. The average molecular weight is 310 g/mol. The fourth-order valence-electron chi connectivity index (χ4n) is 1.73. The van der Waals surface area contributed by atoms with Crippen LogP contribution in [0.5, 0.6) is 5.75 Å². The first-order valence-corrected chi connectivity index (χ1v) is 7.07. The lowest BCUT2D eigenvalue weighted by atomic mass is 10.0. The van der Waals surface area contributed by atoms with Gasteiger partial charge in [-0.3, -0.25) is 4.79 Å². The molecule has 0 aliphatic carbocycles. The zero-order valence-corrected chi connectivity index (χ0v) is 12.7. The average Bonchev–Trinajstić information content (AvgIpc) is 2.50. The third-order valence-corrected chi connectivity index (χ3v) is 3.51. The first-order valence-electron chi connectivity index (χ1n) is 7.07. The monoisotopic (exact) mass is 310 g/mol. The number of nitrogens with one attached hydrogen (secondary N) is 1. The molecule has 1 aromatic rings. The Labute approximate surface area is 129 Å². The van der Waals surface area contributed by atoms with E-state index in [2.05, 4.69) is 5.48 Å². The molecule has 0 amide bonds. The Bertz CT molecular complexity index is 503. The van der Waals surface area contributed by atoms with Gasteiger partial charge in [-0.05, 0) is 23.6 Å². The predicted octanol–water partition coefficient (Wildman–Crippen LogP) is 0.809. The lowest BCUT2D eigenvalue weighted by Gasteiger charge is -2.19. The Balaban J connectivity index is 2.60. The van der Waals surface area contributed by atoms with Gasteiger partial charge in [-0.15, -0.1) is 5.48 Å². The van der Waals surface area contributed by atoms with E-state index in [0.717, 1.165) is 0 Å². The van der Waals surface area contributed by atoms with E-state index in [9.17, 15) is 14.7 Å². The molecule has 7 heteroatoms. The van der Waals surface area contributed by atoms with Crippen molar-refractivity contribution in [1.29, 1.82) is 0 Å². The SMILES string of the molecule is CC[C@H](C)[C@H](N)C(=O)ON[C@@H](Cc1ccc(O)cc1)C(=O)O. The van der Waals surface area contributed by atoms with Crippen molar-refractivity contribution in [1.82, 2.24) is 5.48 Å². The van der Waals surface area contributed by atoms with Gasteiger partial charge >= 0.3 is 11.9 Å². The lowest BCUT2D eigenvalue weighted by Crippen LogP contribution is -2.45. The van der Waals surface area contributed by atoms with Crippen molar-refractivity contribution < 1.29 is 24.6 Å². The van der Waals surface area contributed by atoms with Gasteiger partial charge in [0.1, 0.15) is 17.8 Å². The second-order valence-electron chi connectivity index (χ2n) is 5.21. The van der Waals surface area contributed by atoms with E-state index in [4.69, 9.17) is 15.7 Å². The Morgan fingerprint density at radius 2 is 1.91 bits per heavy atom. The first kappa shape index (κ1) is 17.9. The van der Waals surface area contributed by atoms with Crippen LogP contribution in [0.1, 0.15) is 25.8 Å². The molecule has 3 atom stereocenters. The van der Waals surface area contributed by atoms with E-state index in [-0.39, 0.29) is 18.1 Å². The second-order valence-corrected chi connectivity index (χ2v) is 5.21. The molecule has 0 spiro atoms. The Morgan fingerprint density at radius 3 is 2.41 bits per heavy atom. The third-order valence-electron chi connectivity index (χ3n) is 3.51. The van der Waals surface area contributed by atoms with Crippen molar-refractivity contribution in [2.45, 2.75) is 38.8 Å². The maximum absolute atomic E-state index is 11.7. The molecule has 122 valence electrons. The highest BCUT2D eigenvalue weighted by Crippen LogP contribution is 2.12. The highest BCUT2D eigenvalue weighted by Gasteiger charge is 2.24. The summed E-state index contributed by atoms with van der Waals surface area (Å²) in [4.78, 5) is 27.7. The normalized spacial score (nSPS) is 14.9. The Kier molecular flexibility index (Phi) is 6.81. The Hall–Kier alpha value is -2.12. The molecule has 1 rings (SSSR count). The van der Waals surface area contributed by atoms with Crippen LogP contribution in [0.3, 0.4) is 0 Å². The first-order chi connectivity index (χ1) is 10.3. The number of phenolic OH excluding ortho intramolecular Hbond substituents is 1. The smallest absolute Gasteiger partial charge is 0.341 e. The summed E-state index contributed by atoms with van der Waals surface area (Å²) < 4.78 is 0. The fourth-order valence-corrected chi connectivity index (χ4v) is 1.73. The maximum atomic E-state index is 11.7. The molecule has 0 saturated carbocycles. The second kappa shape index (κ2) is 8.35. The number of benzene rings is 1. The molecular formula is C15H22N2O5. The number of hydrogen-bond donors (Lipinski definition) is 4. The summed E-state index contributed by atoms with van der Waals surface area (Å²) in [6.07, 6.45) is 0.813. The number of nitrogens with two attached hydrogens (primary N) is 1. The summed E-state index contributed by atoms with van der Waals surface area (Å²) in [5, 5.41) is 18.4. The third kappa shape index (κ3) is 5.34. The minimum atomic E-state index is -1.15. The van der Waals surface area contributed by atoms with Crippen LogP contribution in [0.25, 0.3) is 0 Å². The number of hydroxylamine groups is 1. The summed E-state index contributed by atoms with van der Waals surface area (Å²) in [7, 11) is 0. The largest absolute Gasteiger partial charge is 0.508 e. The van der Waals surface area contributed by atoms with Gasteiger partial charge in [0, 0.05) is 6.42 Å². The van der Waals surface area contributed by atoms with E-state index in [1.165, 1.54) is 12.1 Å². The molecule has 0 bridgehead atoms. The van der Waals surface area contributed by atoms with Crippen LogP contribution >= 0.6 is 0 Å². The van der Waals surface area contributed by atoms with Crippen molar-refractivity contribution in [3.63, 3.8) is 0 Å². The molecule has 0 fully saturated rings. The standard InChI is InChI=1S/C15H22N2O5/c1-3-9(2)13(16)15(21)22-17-12(14(19)20)8-10-4-6-11(18)7-5-10/h4-7,9,12-13,17-18H,3,8,16H2,1-2H3,(H,19,20)/t9-,12-,13-/m0/s1. The number of carboxylic acid groups (broad SMARTS) is 1. The number of carboxylic acids is 1. The Morgan fingerprint density at radius 1 is 1.32 bits per heavy atom. The number of aliphatic carboxylic acids is 1. The molecule has 0 aliphatic rings. The molecule has 0 radical (unpaired) electrons. The van der Waals surface area contributed by atoms with Gasteiger partial charge in [-0.25, -0.2) is 4.79 Å². The van der Waals surface area contributed by atoms with Gasteiger partial charge in [-0.2, -0.15) is 0 Å². The van der Waals surface area contributed by atoms with Crippen molar-refractivity contribution in [3.8, 4) is 5.75 Å². The number of phenols is 1. The number of aromatic hydroxyl groups is 1. The quantitative estimate of drug-likeness (QED) is 0.524.